The lowest BCUT2D eigenvalue weighted by molar-refractivity contribution is -0.127. The fraction of sp³-hybridized carbons (Fsp3) is 0.448. The van der Waals surface area contributed by atoms with E-state index in [-0.39, 0.29) is 47.6 Å². The Hall–Kier alpha value is -3.53. The second kappa shape index (κ2) is 9.50. The second-order valence-corrected chi connectivity index (χ2v) is 10.6. The van der Waals surface area contributed by atoms with Crippen molar-refractivity contribution < 1.29 is 19.1 Å². The summed E-state index contributed by atoms with van der Waals surface area (Å²) in [5.74, 6) is 0.465. The highest BCUT2D eigenvalue weighted by atomic mass is 19.1. The molecule has 0 saturated heterocycles. The summed E-state index contributed by atoms with van der Waals surface area (Å²) < 4.78 is 14.5. The Balaban J connectivity index is 1.32. The predicted octanol–water partition coefficient (Wildman–Crippen LogP) is 5.60. The van der Waals surface area contributed by atoms with Crippen LogP contribution < -0.4 is 5.32 Å². The lowest BCUT2D eigenvalue weighted by Crippen LogP contribution is -2.44. The zero-order valence-corrected chi connectivity index (χ0v) is 20.3. The number of aliphatic hydroxyl groups is 1. The van der Waals surface area contributed by atoms with Crippen molar-refractivity contribution in [3.8, 4) is 6.07 Å². The number of hydrogen-bond donors (Lipinski definition) is 2. The molecule has 1 amide bonds. The zero-order valence-electron chi connectivity index (χ0n) is 20.3. The van der Waals surface area contributed by atoms with Crippen molar-refractivity contribution in [1.82, 2.24) is 4.98 Å². The van der Waals surface area contributed by atoms with Gasteiger partial charge in [-0.2, -0.15) is 5.26 Å². The van der Waals surface area contributed by atoms with Crippen LogP contribution in [0, 0.1) is 40.3 Å². The molecule has 6 nitrogen and oxygen atoms in total. The van der Waals surface area contributed by atoms with Gasteiger partial charge in [0.25, 0.3) is 0 Å². The van der Waals surface area contributed by atoms with Crippen LogP contribution >= 0.6 is 0 Å². The molecule has 0 spiro atoms. The van der Waals surface area contributed by atoms with Gasteiger partial charge in [0.2, 0.25) is 5.91 Å². The molecule has 2 saturated carbocycles. The second-order valence-electron chi connectivity index (χ2n) is 10.6. The first-order chi connectivity index (χ1) is 17.4. The van der Waals surface area contributed by atoms with E-state index in [4.69, 9.17) is 5.26 Å². The molecular weight excluding hydrogens is 457 g/mol. The van der Waals surface area contributed by atoms with Crippen LogP contribution in [0.25, 0.3) is 0 Å². The quantitative estimate of drug-likeness (QED) is 0.422. The molecule has 5 rings (SSSR count). The summed E-state index contributed by atoms with van der Waals surface area (Å²) in [6, 6.07) is 10.5. The van der Waals surface area contributed by atoms with Gasteiger partial charge < -0.3 is 10.4 Å². The third-order valence-corrected chi connectivity index (χ3v) is 8.80. The number of amides is 1. The first kappa shape index (κ1) is 24.2. The summed E-state index contributed by atoms with van der Waals surface area (Å²) in [7, 11) is 0. The van der Waals surface area contributed by atoms with Crippen LogP contribution in [0.2, 0.25) is 0 Å². The van der Waals surface area contributed by atoms with E-state index in [0.29, 0.717) is 42.6 Å². The Morgan fingerprint density at radius 3 is 2.89 bits per heavy atom. The topological polar surface area (TPSA) is 103 Å². The van der Waals surface area contributed by atoms with Crippen LogP contribution in [0.15, 0.2) is 48.4 Å². The van der Waals surface area contributed by atoms with Gasteiger partial charge in [-0.05, 0) is 91.5 Å². The predicted molar refractivity (Wildman–Crippen MR) is 132 cm³/mol. The fourth-order valence-electron chi connectivity index (χ4n) is 7.23. The van der Waals surface area contributed by atoms with Gasteiger partial charge in [-0.25, -0.2) is 9.37 Å². The molecular formula is C29H30FN3O3. The van der Waals surface area contributed by atoms with Gasteiger partial charge in [0.1, 0.15) is 17.7 Å². The van der Waals surface area contributed by atoms with Crippen LogP contribution in [0.1, 0.15) is 68.1 Å². The van der Waals surface area contributed by atoms with Crippen LogP contribution in [0.5, 0.6) is 0 Å². The minimum Gasteiger partial charge on any atom is -0.515 e. The van der Waals surface area contributed by atoms with E-state index in [1.54, 1.807) is 18.2 Å². The maximum atomic E-state index is 14.5. The number of halogens is 1. The first-order valence-corrected chi connectivity index (χ1v) is 12.7. The molecule has 1 aromatic heterocycles. The molecule has 3 aliphatic rings. The Morgan fingerprint density at radius 1 is 1.33 bits per heavy atom. The highest BCUT2D eigenvalue weighted by molar-refractivity contribution is 6.03. The number of carbonyl (C=O) groups excluding carboxylic acids is 2. The SMILES string of the molecule is C[C@]12CCC3c4cccc(F)c4CCC3C1[C@H](CCCC(=O)Nc1ccc(C#N)cn1)/C(=C/O)C2=O. The van der Waals surface area contributed by atoms with E-state index in [9.17, 15) is 19.1 Å². The lowest BCUT2D eigenvalue weighted by atomic mass is 9.54. The molecule has 1 heterocycles. The van der Waals surface area contributed by atoms with Gasteiger partial charge >= 0.3 is 0 Å². The number of fused-ring (bicyclic) bond motifs is 5. The summed E-state index contributed by atoms with van der Waals surface area (Å²) in [5.41, 5.74) is 2.25. The molecule has 3 aliphatic carbocycles. The molecule has 5 atom stereocenters. The van der Waals surface area contributed by atoms with Crippen molar-refractivity contribution in [2.45, 2.75) is 57.8 Å². The maximum Gasteiger partial charge on any atom is 0.225 e. The molecule has 0 radical (unpaired) electrons. The van der Waals surface area contributed by atoms with E-state index in [1.807, 2.05) is 19.1 Å². The zero-order chi connectivity index (χ0) is 25.4. The summed E-state index contributed by atoms with van der Waals surface area (Å²) in [6.07, 6.45) is 6.88. The average Bonchev–Trinajstić information content (AvgIpc) is 3.10. The molecule has 2 fully saturated rings. The number of Topliss-reactive ketones (excluding diaryl/α,β-unsaturated/α-hetero) is 1. The molecule has 1 aromatic carbocycles. The number of pyridine rings is 1. The van der Waals surface area contributed by atoms with Crippen LogP contribution in [0.3, 0.4) is 0 Å². The number of allylic oxidation sites excluding steroid dienone is 1. The standard InChI is InChI=1S/C29H30FN3O3/c1-29-13-12-19-18-4-2-6-24(30)20(18)9-10-22(19)27(29)21(23(16-34)28(29)36)5-3-7-26(35)33-25-11-8-17(14-31)15-32-25/h2,4,6,8,11,15-16,19,21-22,27,34H,3,5,7,9-10,12-13H2,1H3,(H,32,33,35)/b23-16-/t19?,21-,22?,27?,29+/m1/s1. The molecule has 3 unspecified atom stereocenters. The Kier molecular flexibility index (Phi) is 6.38. The van der Waals surface area contributed by atoms with Crippen molar-refractivity contribution in [3.63, 3.8) is 0 Å². The summed E-state index contributed by atoms with van der Waals surface area (Å²) >= 11 is 0. The Morgan fingerprint density at radius 2 is 2.17 bits per heavy atom. The van der Waals surface area contributed by atoms with Gasteiger partial charge in [0.05, 0.1) is 11.8 Å². The number of rotatable bonds is 5. The maximum absolute atomic E-state index is 14.5. The summed E-state index contributed by atoms with van der Waals surface area (Å²) in [6.45, 7) is 2.03. The van der Waals surface area contributed by atoms with Crippen LogP contribution in [-0.4, -0.2) is 21.8 Å². The monoisotopic (exact) mass is 487 g/mol. The molecule has 2 N–H and O–H groups in total. The van der Waals surface area contributed by atoms with Crippen molar-refractivity contribution in [3.05, 3.63) is 70.9 Å². The van der Waals surface area contributed by atoms with Crippen molar-refractivity contribution in [1.29, 1.82) is 5.26 Å². The van der Waals surface area contributed by atoms with Gasteiger partial charge in [0.15, 0.2) is 5.78 Å². The molecule has 7 heteroatoms. The number of anilines is 1. The van der Waals surface area contributed by atoms with Gasteiger partial charge in [0, 0.05) is 23.6 Å². The van der Waals surface area contributed by atoms with Gasteiger partial charge in [-0.15, -0.1) is 0 Å². The van der Waals surface area contributed by atoms with Crippen molar-refractivity contribution >= 4 is 17.5 Å². The molecule has 36 heavy (non-hydrogen) atoms. The average molecular weight is 488 g/mol. The normalized spacial score (nSPS) is 29.7. The number of hydrogen-bond acceptors (Lipinski definition) is 5. The third kappa shape index (κ3) is 3.99. The number of nitrogens with one attached hydrogen (secondary N) is 1. The third-order valence-electron chi connectivity index (χ3n) is 8.80. The molecule has 0 aliphatic heterocycles. The van der Waals surface area contributed by atoms with Gasteiger partial charge in [-0.1, -0.05) is 19.1 Å². The van der Waals surface area contributed by atoms with E-state index in [1.165, 1.54) is 12.3 Å². The number of aromatic nitrogens is 1. The van der Waals surface area contributed by atoms with Crippen LogP contribution in [0.4, 0.5) is 10.2 Å². The first-order valence-electron chi connectivity index (χ1n) is 12.7. The fourth-order valence-corrected chi connectivity index (χ4v) is 7.23. The Labute approximate surface area is 210 Å². The Bertz CT molecular complexity index is 1270. The summed E-state index contributed by atoms with van der Waals surface area (Å²) in [4.78, 5) is 30.1. The van der Waals surface area contributed by atoms with Crippen LogP contribution in [-0.2, 0) is 16.0 Å². The summed E-state index contributed by atoms with van der Waals surface area (Å²) in [5, 5.41) is 21.7. The molecule has 0 bridgehead atoms. The number of benzene rings is 1. The van der Waals surface area contributed by atoms with E-state index < -0.39 is 5.41 Å². The number of nitriles is 1. The minimum atomic E-state index is -0.542. The number of aliphatic hydroxyl groups excluding tert-OH is 1. The van der Waals surface area contributed by atoms with Gasteiger partial charge in [-0.3, -0.25) is 9.59 Å². The van der Waals surface area contributed by atoms with Crippen molar-refractivity contribution in [2.24, 2.45) is 23.2 Å². The molecule has 2 aromatic rings. The highest BCUT2D eigenvalue weighted by Crippen LogP contribution is 2.63. The van der Waals surface area contributed by atoms with E-state index in [0.717, 1.165) is 30.2 Å². The smallest absolute Gasteiger partial charge is 0.225 e. The number of nitrogens with zero attached hydrogens (tertiary/aromatic N) is 2. The van der Waals surface area contributed by atoms with Crippen molar-refractivity contribution in [2.75, 3.05) is 5.32 Å². The highest BCUT2D eigenvalue weighted by Gasteiger charge is 2.60. The minimum absolute atomic E-state index is 0.0229. The van der Waals surface area contributed by atoms with E-state index in [2.05, 4.69) is 10.3 Å². The number of ketones is 1. The largest absolute Gasteiger partial charge is 0.515 e. The molecule has 186 valence electrons. The van der Waals surface area contributed by atoms with E-state index >= 15 is 0 Å². The number of carbonyl (C=O) groups is 2. The lowest BCUT2D eigenvalue weighted by Gasteiger charge is -2.49.